The van der Waals surface area contributed by atoms with Crippen molar-refractivity contribution in [3.8, 4) is 86.3 Å². The second-order valence-corrected chi connectivity index (χ2v) is 38.2. The maximum Gasteiger partial charge on any atom is 0.276 e. The number of phenols is 3. The Morgan fingerprint density at radius 3 is 0.928 bits per heavy atom. The van der Waals surface area contributed by atoms with Crippen LogP contribution in [0.3, 0.4) is 0 Å². The molecule has 12 aromatic rings. The van der Waals surface area contributed by atoms with E-state index in [2.05, 4.69) is 52.9 Å². The fourth-order valence-corrected chi connectivity index (χ4v) is 20.6. The number of piperazine rings is 3. The molecule has 15 rings (SSSR count). The lowest BCUT2D eigenvalue weighted by Crippen LogP contribution is -2.54. The molecule has 0 unspecified atom stereocenters. The third-order valence-electron chi connectivity index (χ3n) is 24.0. The van der Waals surface area contributed by atoms with E-state index >= 15 is 13.2 Å². The SMILES string of the molecule is C=CC(=O)N1CCN(c2c(C#N)c(=O)n(-c3c(C)ccnc3C(C)C)c3nc(-c4c(Cl)c(O)c(Cl)c(F)c4Cl)c(Cl)cc23)C[C@H]1C.C=CC(=O)N1CCN(c2c(C#N)c(=O)n(-c3c(C)ccnc3C(C)C)c3nc(-c4c(Cl)c(O)c(Cl)c(F)c4Cl)c(Cl)cc23)C[C@H]1C.C=CC(=O)N1CCN(c2c(C#N)c(=O)n(-c3c(C)ccnc3C(C)C)c3nc(-c4c(F)c(O)c(Cl)c(Cl)c4Cl)c(Cl)cc23)C[C@H]1C. The number of anilines is 3. The van der Waals surface area contributed by atoms with Crippen LogP contribution in [0.4, 0.5) is 30.2 Å². The highest BCUT2D eigenvalue weighted by Crippen LogP contribution is 2.53. The van der Waals surface area contributed by atoms with Crippen LogP contribution in [0.25, 0.3) is 83.9 Å². The number of aryl methyl sites for hydroxylation is 3. The Bertz CT molecular complexity index is 6790. The minimum Gasteiger partial charge on any atom is -0.505 e. The Hall–Kier alpha value is -11.6. The topological polar surface area (TPSA) is 346 Å². The van der Waals surface area contributed by atoms with Crippen LogP contribution in [0.2, 0.25) is 60.3 Å². The van der Waals surface area contributed by atoms with Crippen molar-refractivity contribution in [1.29, 1.82) is 15.8 Å². The zero-order chi connectivity index (χ0) is 101. The Balaban J connectivity index is 0.000000175. The molecule has 0 aliphatic carbocycles. The van der Waals surface area contributed by atoms with Crippen LogP contribution in [0.15, 0.2) is 107 Å². The number of carbonyl (C=O) groups excluding carboxylic acids is 3. The minimum absolute atomic E-state index is 0.0229. The average molecular weight is 2110 g/mol. The van der Waals surface area contributed by atoms with E-state index in [1.54, 1.807) is 72.3 Å². The van der Waals surface area contributed by atoms with Gasteiger partial charge >= 0.3 is 0 Å². The van der Waals surface area contributed by atoms with Gasteiger partial charge in [0.15, 0.2) is 34.7 Å². The van der Waals surface area contributed by atoms with Gasteiger partial charge in [0, 0.05) is 123 Å². The summed E-state index contributed by atoms with van der Waals surface area (Å²) in [7, 11) is 0. The van der Waals surface area contributed by atoms with Crippen LogP contribution in [-0.4, -0.2) is 168 Å². The summed E-state index contributed by atoms with van der Waals surface area (Å²) in [5.41, 5.74) is 1.88. The second-order valence-electron chi connectivity index (χ2n) is 33.6. The number of phenolic OH excluding ortho intramolecular Hbond substituents is 3. The van der Waals surface area contributed by atoms with Gasteiger partial charge in [0.2, 0.25) is 17.7 Å². The molecule has 3 aromatic carbocycles. The summed E-state index contributed by atoms with van der Waals surface area (Å²) in [6, 6.07) is 15.0. The number of halogens is 15. The van der Waals surface area contributed by atoms with E-state index in [-0.39, 0.29) is 197 Å². The summed E-state index contributed by atoms with van der Waals surface area (Å²) in [5, 5.41) is 59.1. The van der Waals surface area contributed by atoms with E-state index in [1.807, 2.05) is 77.0 Å². The third-order valence-corrected chi connectivity index (χ3v) is 28.3. The van der Waals surface area contributed by atoms with Crippen LogP contribution in [-0.2, 0) is 14.4 Å². The highest BCUT2D eigenvalue weighted by Gasteiger charge is 2.40. The highest BCUT2D eigenvalue weighted by molar-refractivity contribution is 6.50. The summed E-state index contributed by atoms with van der Waals surface area (Å²) < 4.78 is 49.5. The molecule has 3 aliphatic rings. The number of hydrogen-bond acceptors (Lipinski definition) is 21. The van der Waals surface area contributed by atoms with Crippen LogP contribution < -0.4 is 31.4 Å². The monoisotopic (exact) mass is 2110 g/mol. The molecule has 714 valence electrons. The predicted molar refractivity (Wildman–Crippen MR) is 538 cm³/mol. The van der Waals surface area contributed by atoms with Crippen molar-refractivity contribution in [3.63, 3.8) is 0 Å². The van der Waals surface area contributed by atoms with Crippen molar-refractivity contribution >= 4 is 207 Å². The number of amides is 3. The summed E-state index contributed by atoms with van der Waals surface area (Å²) in [5.74, 6) is -7.10. The maximum absolute atomic E-state index is 15.6. The summed E-state index contributed by atoms with van der Waals surface area (Å²) in [4.78, 5) is 119. The van der Waals surface area contributed by atoms with Gasteiger partial charge < -0.3 is 44.7 Å². The van der Waals surface area contributed by atoms with Crippen molar-refractivity contribution in [2.24, 2.45) is 0 Å². The summed E-state index contributed by atoms with van der Waals surface area (Å²) >= 11 is 76.4. The van der Waals surface area contributed by atoms with Crippen LogP contribution >= 0.6 is 139 Å². The Morgan fingerprint density at radius 2 is 0.674 bits per heavy atom. The lowest BCUT2D eigenvalue weighted by Gasteiger charge is -2.41. The predicted octanol–water partition coefficient (Wildman–Crippen LogP) is 22.3. The number of aromatic hydroxyl groups is 3. The molecule has 0 radical (unpaired) electrons. The molecule has 12 heterocycles. The van der Waals surface area contributed by atoms with Crippen molar-refractivity contribution < 1.29 is 42.9 Å². The van der Waals surface area contributed by atoms with Crippen LogP contribution in [0, 0.1) is 72.2 Å². The van der Waals surface area contributed by atoms with E-state index in [4.69, 9.17) is 154 Å². The maximum atomic E-state index is 15.6. The number of carbonyl (C=O) groups is 3. The number of benzene rings is 3. The van der Waals surface area contributed by atoms with Crippen LogP contribution in [0.5, 0.6) is 17.2 Å². The van der Waals surface area contributed by atoms with Gasteiger partial charge in [-0.25, -0.2) is 28.1 Å². The normalized spacial score (nSPS) is 15.0. The first-order valence-corrected chi connectivity index (χ1v) is 46.9. The zero-order valence-electron chi connectivity index (χ0n) is 75.4. The zero-order valence-corrected chi connectivity index (χ0v) is 84.5. The fraction of sp³-hybridized carbons (Fsp3) is 0.281. The molecule has 138 heavy (non-hydrogen) atoms. The molecule has 27 nitrogen and oxygen atoms in total. The highest BCUT2D eigenvalue weighted by atomic mass is 35.5. The van der Waals surface area contributed by atoms with Gasteiger partial charge in [0.05, 0.1) is 119 Å². The number of pyridine rings is 9. The number of fused-ring (bicyclic) bond motifs is 3. The van der Waals surface area contributed by atoms with Crippen molar-refractivity contribution in [1.82, 2.24) is 58.3 Å². The van der Waals surface area contributed by atoms with E-state index in [1.165, 1.54) is 50.1 Å². The summed E-state index contributed by atoms with van der Waals surface area (Å²) in [6.07, 6.45) is 8.59. The van der Waals surface area contributed by atoms with Gasteiger partial charge in [0.25, 0.3) is 16.7 Å². The standard InChI is InChI=1S/3C32H27Cl4FN6O3/c1-6-20(44)42-10-9-41(13-16(42)5)29-17-11-19(33)27(21-22(34)23(35)24(36)30(45)25(21)37)40-31(17)43(32(46)18(29)12-38)28-15(4)7-8-39-26(28)14(2)3;2*1-6-20(44)42-10-9-41(13-16(42)5)29-17-11-19(33)27(21-22(34)25(37)24(36)30(45)23(21)35)40-31(17)43(32(46)18(29)12-38)28-15(4)7-8-39-26(28)14(2)3/h3*6-8,11,14,16,45H,1,9-10,13H2,2-5H3/t3*16-/m111/s1. The van der Waals surface area contributed by atoms with Gasteiger partial charge in [-0.3, -0.25) is 57.4 Å². The average Bonchev–Trinajstić information content (AvgIpc) is 0.726. The molecule has 3 amide bonds. The van der Waals surface area contributed by atoms with Gasteiger partial charge in [-0.05, 0) is 131 Å². The van der Waals surface area contributed by atoms with E-state index < -0.39 is 92.1 Å². The molecule has 9 aromatic heterocycles. The molecular formula is C96H81Cl12F3N18O9. The Kier molecular flexibility index (Phi) is 31.1. The molecule has 0 saturated carbocycles. The first-order chi connectivity index (χ1) is 65.2. The second kappa shape index (κ2) is 41.4. The molecule has 3 saturated heterocycles. The number of nitriles is 3. The van der Waals surface area contributed by atoms with Crippen molar-refractivity contribution in [2.75, 3.05) is 73.6 Å². The molecule has 0 bridgehead atoms. The van der Waals surface area contributed by atoms with Gasteiger partial charge in [-0.1, -0.05) is 200 Å². The number of aromatic nitrogens is 9. The molecule has 42 heteroatoms. The van der Waals surface area contributed by atoms with E-state index in [0.29, 0.717) is 86.6 Å². The number of rotatable bonds is 15. The summed E-state index contributed by atoms with van der Waals surface area (Å²) in [6.45, 7) is 35.7. The van der Waals surface area contributed by atoms with E-state index in [0.717, 1.165) is 0 Å². The lowest BCUT2D eigenvalue weighted by molar-refractivity contribution is -0.129. The number of nitrogens with zero attached hydrogens (tertiary/aromatic N) is 18. The Morgan fingerprint density at radius 1 is 0.399 bits per heavy atom. The largest absolute Gasteiger partial charge is 0.505 e. The number of hydrogen-bond donors (Lipinski definition) is 3. The molecular weight excluding hydrogens is 2030 g/mol. The molecule has 3 fully saturated rings. The quantitative estimate of drug-likeness (QED) is 0.0487. The first kappa shape index (κ1) is 104. The molecule has 0 spiro atoms. The van der Waals surface area contributed by atoms with Gasteiger partial charge in [0.1, 0.15) is 66.9 Å². The van der Waals surface area contributed by atoms with Gasteiger partial charge in [-0.15, -0.1) is 0 Å². The van der Waals surface area contributed by atoms with E-state index in [9.17, 15) is 59.9 Å². The fourth-order valence-electron chi connectivity index (χ4n) is 17.4. The van der Waals surface area contributed by atoms with Crippen molar-refractivity contribution in [2.45, 2.75) is 119 Å². The Labute approximate surface area is 848 Å². The van der Waals surface area contributed by atoms with Crippen molar-refractivity contribution in [3.05, 3.63) is 252 Å². The molecule has 3 aliphatic heterocycles. The lowest BCUT2D eigenvalue weighted by atomic mass is 10.0. The molecule has 3 atom stereocenters. The molecule has 3 N–H and O–H groups in total. The third kappa shape index (κ3) is 18.3. The smallest absolute Gasteiger partial charge is 0.276 e. The van der Waals surface area contributed by atoms with Gasteiger partial charge in [-0.2, -0.15) is 15.8 Å². The first-order valence-electron chi connectivity index (χ1n) is 42.4. The van der Waals surface area contributed by atoms with Crippen LogP contribution in [0.1, 0.15) is 131 Å². The minimum atomic E-state index is -1.21.